The Labute approximate surface area is 157 Å². The van der Waals surface area contributed by atoms with Crippen LogP contribution >= 0.6 is 0 Å². The molecule has 3 rings (SSSR count). The summed E-state index contributed by atoms with van der Waals surface area (Å²) in [6, 6.07) is 0. The zero-order chi connectivity index (χ0) is 18.6. The van der Waals surface area contributed by atoms with Crippen molar-refractivity contribution in [2.24, 2.45) is 17.3 Å². The first kappa shape index (κ1) is 19.2. The number of hydrogen-bond donors (Lipinski definition) is 1. The van der Waals surface area contributed by atoms with E-state index in [1.165, 1.54) is 0 Å². The van der Waals surface area contributed by atoms with Crippen molar-refractivity contribution in [1.82, 2.24) is 15.1 Å². The summed E-state index contributed by atoms with van der Waals surface area (Å²) in [7, 11) is 0. The average Bonchev–Trinajstić information content (AvgIpc) is 3.17. The molecule has 3 saturated heterocycles. The molecule has 1 atom stereocenters. The fourth-order valence-electron chi connectivity index (χ4n) is 4.61. The quantitative estimate of drug-likeness (QED) is 0.766. The summed E-state index contributed by atoms with van der Waals surface area (Å²) in [5.41, 5.74) is -0.548. The summed E-state index contributed by atoms with van der Waals surface area (Å²) in [5.74, 6) is 1.36. The van der Waals surface area contributed by atoms with Gasteiger partial charge in [-0.1, -0.05) is 12.2 Å². The number of hydrogen-bond acceptors (Lipinski definition) is 3. The molecule has 0 aromatic heterocycles. The number of likely N-dealkylation sites (tertiary alicyclic amines) is 2. The van der Waals surface area contributed by atoms with E-state index in [9.17, 15) is 9.59 Å². The molecular weight excluding hydrogens is 326 g/mol. The van der Waals surface area contributed by atoms with Crippen LogP contribution < -0.4 is 5.32 Å². The van der Waals surface area contributed by atoms with Crippen molar-refractivity contribution < 1.29 is 9.59 Å². The number of allylic oxidation sites excluding steroid dienone is 2. The molecule has 2 amide bonds. The van der Waals surface area contributed by atoms with Gasteiger partial charge >= 0.3 is 0 Å². The van der Waals surface area contributed by atoms with E-state index in [0.717, 1.165) is 64.8 Å². The van der Waals surface area contributed by atoms with Crippen molar-refractivity contribution >= 4 is 11.8 Å². The number of nitrogens with one attached hydrogen (secondary N) is 1. The minimum absolute atomic E-state index is 0.144. The molecule has 0 bridgehead atoms. The van der Waals surface area contributed by atoms with E-state index < -0.39 is 5.41 Å². The maximum absolute atomic E-state index is 13.3. The number of carbonyl (C=O) groups is 2. The minimum atomic E-state index is -0.548. The molecular formula is C21H33N3O2. The molecule has 3 aliphatic heterocycles. The number of nitrogens with zero attached hydrogens (tertiary/aromatic N) is 2. The van der Waals surface area contributed by atoms with E-state index in [1.807, 2.05) is 22.0 Å². The summed E-state index contributed by atoms with van der Waals surface area (Å²) < 4.78 is 0. The van der Waals surface area contributed by atoms with Crippen molar-refractivity contribution in [3.8, 4) is 0 Å². The maximum atomic E-state index is 13.3. The lowest BCUT2D eigenvalue weighted by atomic mass is 9.80. The summed E-state index contributed by atoms with van der Waals surface area (Å²) >= 11 is 0. The monoisotopic (exact) mass is 359 g/mol. The molecule has 5 heteroatoms. The third-order valence-electron chi connectivity index (χ3n) is 6.57. The molecule has 3 aliphatic rings. The number of piperidine rings is 2. The van der Waals surface area contributed by atoms with Gasteiger partial charge in [-0.2, -0.15) is 0 Å². The first-order valence-corrected chi connectivity index (χ1v) is 10.1. The Morgan fingerprint density at radius 3 is 1.96 bits per heavy atom. The Bertz CT molecular complexity index is 537. The molecule has 26 heavy (non-hydrogen) atoms. The maximum Gasteiger partial charge on any atom is 0.230 e. The molecule has 0 aliphatic carbocycles. The van der Waals surface area contributed by atoms with Gasteiger partial charge in [0.1, 0.15) is 0 Å². The zero-order valence-corrected chi connectivity index (χ0v) is 15.9. The SMILES string of the molecule is C=CC1CCN(C(=O)CC2(C(=O)N3CCC(C=C)CC3)CCNC2)CC1. The van der Waals surface area contributed by atoms with Gasteiger partial charge < -0.3 is 15.1 Å². The van der Waals surface area contributed by atoms with Crippen molar-refractivity contribution in [3.05, 3.63) is 25.3 Å². The summed E-state index contributed by atoms with van der Waals surface area (Å²) in [4.78, 5) is 30.2. The smallest absolute Gasteiger partial charge is 0.230 e. The van der Waals surface area contributed by atoms with Gasteiger partial charge in [0.15, 0.2) is 0 Å². The second-order valence-electron chi connectivity index (χ2n) is 8.20. The first-order valence-electron chi connectivity index (χ1n) is 10.1. The first-order chi connectivity index (χ1) is 12.6. The topological polar surface area (TPSA) is 52.7 Å². The fraction of sp³-hybridized carbons (Fsp3) is 0.714. The molecule has 144 valence electrons. The molecule has 1 N–H and O–H groups in total. The highest BCUT2D eigenvalue weighted by molar-refractivity contribution is 5.89. The van der Waals surface area contributed by atoms with E-state index in [-0.39, 0.29) is 11.8 Å². The molecule has 5 nitrogen and oxygen atoms in total. The van der Waals surface area contributed by atoms with Gasteiger partial charge in [0.05, 0.1) is 5.41 Å². The second kappa shape index (κ2) is 8.38. The Morgan fingerprint density at radius 2 is 1.50 bits per heavy atom. The van der Waals surface area contributed by atoms with Gasteiger partial charge in [-0.3, -0.25) is 9.59 Å². The zero-order valence-electron chi connectivity index (χ0n) is 15.9. The Hall–Kier alpha value is -1.62. The molecule has 0 aromatic rings. The van der Waals surface area contributed by atoms with Crippen LogP contribution in [0.15, 0.2) is 25.3 Å². The standard InChI is InChI=1S/C21H33N3O2/c1-3-17-5-11-23(12-6-17)19(25)15-21(9-10-22-16-21)20(26)24-13-7-18(4-2)8-14-24/h3-4,17-18,22H,1-2,5-16H2. The van der Waals surface area contributed by atoms with Gasteiger partial charge in [-0.25, -0.2) is 0 Å². The van der Waals surface area contributed by atoms with E-state index >= 15 is 0 Å². The van der Waals surface area contributed by atoms with Crippen LogP contribution in [0.25, 0.3) is 0 Å². The molecule has 3 fully saturated rings. The lowest BCUT2D eigenvalue weighted by Gasteiger charge is -2.39. The van der Waals surface area contributed by atoms with Crippen molar-refractivity contribution in [2.75, 3.05) is 39.3 Å². The Kier molecular flexibility index (Phi) is 6.17. The van der Waals surface area contributed by atoms with Gasteiger partial charge in [0.25, 0.3) is 0 Å². The summed E-state index contributed by atoms with van der Waals surface area (Å²) in [6.07, 6.45) is 9.07. The Balaban J connectivity index is 1.62. The van der Waals surface area contributed by atoms with Gasteiger partial charge in [-0.15, -0.1) is 13.2 Å². The summed E-state index contributed by atoms with van der Waals surface area (Å²) in [5, 5.41) is 3.33. The Morgan fingerprint density at radius 1 is 0.962 bits per heavy atom. The molecule has 1 unspecified atom stereocenters. The molecule has 3 heterocycles. The van der Waals surface area contributed by atoms with E-state index in [0.29, 0.717) is 24.8 Å². The lowest BCUT2D eigenvalue weighted by molar-refractivity contribution is -0.148. The van der Waals surface area contributed by atoms with Crippen LogP contribution in [0.5, 0.6) is 0 Å². The van der Waals surface area contributed by atoms with Crippen LogP contribution in [-0.2, 0) is 9.59 Å². The predicted molar refractivity (Wildman–Crippen MR) is 104 cm³/mol. The lowest BCUT2D eigenvalue weighted by Crippen LogP contribution is -2.51. The molecule has 0 spiro atoms. The van der Waals surface area contributed by atoms with Crippen LogP contribution in [-0.4, -0.2) is 60.9 Å². The fourth-order valence-corrected chi connectivity index (χ4v) is 4.61. The van der Waals surface area contributed by atoms with Crippen LogP contribution in [0.4, 0.5) is 0 Å². The van der Waals surface area contributed by atoms with Crippen LogP contribution in [0.2, 0.25) is 0 Å². The van der Waals surface area contributed by atoms with Gasteiger partial charge in [-0.05, 0) is 50.5 Å². The van der Waals surface area contributed by atoms with Crippen molar-refractivity contribution in [1.29, 1.82) is 0 Å². The van der Waals surface area contributed by atoms with Crippen molar-refractivity contribution in [3.63, 3.8) is 0 Å². The van der Waals surface area contributed by atoms with Crippen LogP contribution in [0, 0.1) is 17.3 Å². The third kappa shape index (κ3) is 4.03. The van der Waals surface area contributed by atoms with E-state index in [4.69, 9.17) is 0 Å². The van der Waals surface area contributed by atoms with Crippen LogP contribution in [0.3, 0.4) is 0 Å². The normalized spacial score (nSPS) is 28.2. The van der Waals surface area contributed by atoms with Gasteiger partial charge in [0.2, 0.25) is 11.8 Å². The van der Waals surface area contributed by atoms with Crippen LogP contribution in [0.1, 0.15) is 38.5 Å². The van der Waals surface area contributed by atoms with E-state index in [1.54, 1.807) is 0 Å². The van der Waals surface area contributed by atoms with Gasteiger partial charge in [0, 0.05) is 39.1 Å². The molecule has 0 saturated carbocycles. The molecule has 0 radical (unpaired) electrons. The second-order valence-corrected chi connectivity index (χ2v) is 8.20. The summed E-state index contributed by atoms with van der Waals surface area (Å²) in [6.45, 7) is 12.3. The third-order valence-corrected chi connectivity index (χ3v) is 6.57. The number of carbonyl (C=O) groups excluding carboxylic acids is 2. The molecule has 0 aromatic carbocycles. The average molecular weight is 360 g/mol. The highest BCUT2D eigenvalue weighted by Crippen LogP contribution is 2.35. The number of amides is 2. The largest absolute Gasteiger partial charge is 0.343 e. The van der Waals surface area contributed by atoms with Crippen molar-refractivity contribution in [2.45, 2.75) is 38.5 Å². The van der Waals surface area contributed by atoms with E-state index in [2.05, 4.69) is 18.5 Å². The number of rotatable bonds is 5. The highest BCUT2D eigenvalue weighted by Gasteiger charge is 2.46. The predicted octanol–water partition coefficient (Wildman–Crippen LogP) is 2.21. The highest BCUT2D eigenvalue weighted by atomic mass is 16.2. The minimum Gasteiger partial charge on any atom is -0.343 e.